The first-order chi connectivity index (χ1) is 8.13. The Labute approximate surface area is 99.2 Å². The third-order valence-electron chi connectivity index (χ3n) is 2.92. The summed E-state index contributed by atoms with van der Waals surface area (Å²) in [7, 11) is 0. The summed E-state index contributed by atoms with van der Waals surface area (Å²) in [6.07, 6.45) is 1.91. The first kappa shape index (κ1) is 11.6. The normalized spacial score (nSPS) is 14.6. The number of aryl methyl sites for hydroxylation is 1. The number of nitro groups is 1. The molecule has 1 heterocycles. The Balaban J connectivity index is 2.40. The van der Waals surface area contributed by atoms with Crippen LogP contribution in [0.5, 0.6) is 0 Å². The number of hydrogen-bond acceptors (Lipinski definition) is 3. The Hall–Kier alpha value is -1.91. The second kappa shape index (κ2) is 4.53. The van der Waals surface area contributed by atoms with Crippen molar-refractivity contribution in [3.05, 3.63) is 33.9 Å². The molecule has 0 atom stereocenters. The second-order valence-corrected chi connectivity index (χ2v) is 4.12. The molecular weight excluding hydrogens is 220 g/mol. The van der Waals surface area contributed by atoms with E-state index >= 15 is 0 Å². The van der Waals surface area contributed by atoms with Gasteiger partial charge in [-0.2, -0.15) is 0 Å². The van der Waals surface area contributed by atoms with Gasteiger partial charge in [-0.3, -0.25) is 14.9 Å². The monoisotopic (exact) mass is 234 g/mol. The lowest BCUT2D eigenvalue weighted by Gasteiger charge is -2.28. The molecule has 0 radical (unpaired) electrons. The third-order valence-corrected chi connectivity index (χ3v) is 2.92. The molecule has 5 heteroatoms. The van der Waals surface area contributed by atoms with Crippen molar-refractivity contribution in [2.75, 3.05) is 11.4 Å². The molecule has 0 fully saturated rings. The molecule has 0 saturated heterocycles. The van der Waals surface area contributed by atoms with Crippen molar-refractivity contribution in [1.82, 2.24) is 0 Å². The van der Waals surface area contributed by atoms with E-state index in [1.165, 1.54) is 6.07 Å². The van der Waals surface area contributed by atoms with E-state index in [1.807, 2.05) is 6.92 Å². The Morgan fingerprint density at radius 1 is 1.41 bits per heavy atom. The molecule has 17 heavy (non-hydrogen) atoms. The molecule has 1 aliphatic rings. The number of hydrogen-bond donors (Lipinski definition) is 0. The Morgan fingerprint density at radius 2 is 2.18 bits per heavy atom. The zero-order chi connectivity index (χ0) is 12.4. The van der Waals surface area contributed by atoms with Crippen molar-refractivity contribution in [3.63, 3.8) is 0 Å². The van der Waals surface area contributed by atoms with Crippen molar-refractivity contribution in [1.29, 1.82) is 0 Å². The van der Waals surface area contributed by atoms with E-state index in [2.05, 4.69) is 0 Å². The van der Waals surface area contributed by atoms with E-state index in [0.29, 0.717) is 19.4 Å². The smallest absolute Gasteiger partial charge is 0.269 e. The maximum Gasteiger partial charge on any atom is 0.269 e. The Kier molecular flexibility index (Phi) is 3.08. The number of non-ortho nitro benzene ring substituents is 1. The maximum atomic E-state index is 11.8. The summed E-state index contributed by atoms with van der Waals surface area (Å²) in [5.74, 6) is 0.105. The molecule has 0 unspecified atom stereocenters. The van der Waals surface area contributed by atoms with Gasteiger partial charge in [-0.25, -0.2) is 0 Å². The molecule has 1 aliphatic heterocycles. The highest BCUT2D eigenvalue weighted by Crippen LogP contribution is 2.30. The van der Waals surface area contributed by atoms with E-state index in [9.17, 15) is 14.9 Å². The number of carbonyl (C=O) groups is 1. The zero-order valence-electron chi connectivity index (χ0n) is 9.68. The predicted molar refractivity (Wildman–Crippen MR) is 64.1 cm³/mol. The summed E-state index contributed by atoms with van der Waals surface area (Å²) in [5, 5.41) is 10.7. The Morgan fingerprint density at radius 3 is 2.82 bits per heavy atom. The number of benzene rings is 1. The van der Waals surface area contributed by atoms with Crippen molar-refractivity contribution in [2.45, 2.75) is 26.2 Å². The largest absolute Gasteiger partial charge is 0.312 e. The highest BCUT2D eigenvalue weighted by molar-refractivity contribution is 5.96. The first-order valence-electron chi connectivity index (χ1n) is 5.71. The molecule has 0 saturated carbocycles. The van der Waals surface area contributed by atoms with Crippen LogP contribution in [0.25, 0.3) is 0 Å². The quantitative estimate of drug-likeness (QED) is 0.595. The van der Waals surface area contributed by atoms with Crippen LogP contribution in [0.1, 0.15) is 25.3 Å². The van der Waals surface area contributed by atoms with Gasteiger partial charge in [0.25, 0.3) is 5.69 Å². The summed E-state index contributed by atoms with van der Waals surface area (Å²) < 4.78 is 0. The van der Waals surface area contributed by atoms with Gasteiger partial charge < -0.3 is 4.90 Å². The van der Waals surface area contributed by atoms with Crippen LogP contribution < -0.4 is 4.90 Å². The van der Waals surface area contributed by atoms with E-state index in [0.717, 1.165) is 17.7 Å². The molecule has 0 aliphatic carbocycles. The van der Waals surface area contributed by atoms with E-state index < -0.39 is 4.92 Å². The lowest BCUT2D eigenvalue weighted by atomic mass is 10.0. The van der Waals surface area contributed by atoms with Gasteiger partial charge in [0.1, 0.15) is 0 Å². The van der Waals surface area contributed by atoms with Crippen LogP contribution in [0.15, 0.2) is 18.2 Å². The van der Waals surface area contributed by atoms with Crippen LogP contribution in [-0.4, -0.2) is 17.4 Å². The number of rotatable bonds is 3. The summed E-state index contributed by atoms with van der Waals surface area (Å²) in [6.45, 7) is 2.68. The van der Waals surface area contributed by atoms with Crippen molar-refractivity contribution in [3.8, 4) is 0 Å². The SMILES string of the molecule is CCCN1C(=O)CCc2cc([N+](=O)[O-])ccc21. The first-order valence-corrected chi connectivity index (χ1v) is 5.71. The van der Waals surface area contributed by atoms with Gasteiger partial charge in [-0.1, -0.05) is 6.92 Å². The fourth-order valence-corrected chi connectivity index (χ4v) is 2.13. The van der Waals surface area contributed by atoms with Crippen LogP contribution in [-0.2, 0) is 11.2 Å². The lowest BCUT2D eigenvalue weighted by Crippen LogP contribution is -2.35. The van der Waals surface area contributed by atoms with Crippen LogP contribution >= 0.6 is 0 Å². The summed E-state index contributed by atoms with van der Waals surface area (Å²) in [4.78, 5) is 23.8. The molecular formula is C12H14N2O3. The van der Waals surface area contributed by atoms with Gasteiger partial charge >= 0.3 is 0 Å². The van der Waals surface area contributed by atoms with Gasteiger partial charge in [-0.15, -0.1) is 0 Å². The molecule has 2 rings (SSSR count). The van der Waals surface area contributed by atoms with Crippen LogP contribution in [0.2, 0.25) is 0 Å². The molecule has 5 nitrogen and oxygen atoms in total. The molecule has 1 amide bonds. The van der Waals surface area contributed by atoms with Crippen molar-refractivity contribution < 1.29 is 9.72 Å². The van der Waals surface area contributed by atoms with Crippen LogP contribution in [0, 0.1) is 10.1 Å². The topological polar surface area (TPSA) is 63.5 Å². The summed E-state index contributed by atoms with van der Waals surface area (Å²) >= 11 is 0. The van der Waals surface area contributed by atoms with E-state index in [-0.39, 0.29) is 11.6 Å². The van der Waals surface area contributed by atoms with Gasteiger partial charge in [0, 0.05) is 30.8 Å². The maximum absolute atomic E-state index is 11.8. The van der Waals surface area contributed by atoms with Gasteiger partial charge in [0.15, 0.2) is 0 Å². The van der Waals surface area contributed by atoms with Crippen molar-refractivity contribution in [2.24, 2.45) is 0 Å². The third kappa shape index (κ3) is 2.13. The Bertz CT molecular complexity index is 471. The number of fused-ring (bicyclic) bond motifs is 1. The molecule has 1 aromatic rings. The average Bonchev–Trinajstić information content (AvgIpc) is 2.32. The standard InChI is InChI=1S/C12H14N2O3/c1-2-7-13-11-5-4-10(14(16)17)8-9(11)3-6-12(13)15/h4-5,8H,2-3,6-7H2,1H3. The van der Waals surface area contributed by atoms with Crippen LogP contribution in [0.3, 0.4) is 0 Å². The molecule has 0 bridgehead atoms. The summed E-state index contributed by atoms with van der Waals surface area (Å²) in [6, 6.07) is 4.71. The van der Waals surface area contributed by atoms with Crippen molar-refractivity contribution >= 4 is 17.3 Å². The fourth-order valence-electron chi connectivity index (χ4n) is 2.13. The average molecular weight is 234 g/mol. The van der Waals surface area contributed by atoms with Gasteiger partial charge in [0.05, 0.1) is 4.92 Å². The minimum atomic E-state index is -0.402. The molecule has 1 aromatic carbocycles. The predicted octanol–water partition coefficient (Wildman–Crippen LogP) is 2.28. The van der Waals surface area contributed by atoms with Gasteiger partial charge in [0.2, 0.25) is 5.91 Å². The minimum Gasteiger partial charge on any atom is -0.312 e. The van der Waals surface area contributed by atoms with Gasteiger partial charge in [-0.05, 0) is 24.5 Å². The van der Waals surface area contributed by atoms with Crippen LogP contribution in [0.4, 0.5) is 11.4 Å². The van der Waals surface area contributed by atoms with E-state index in [1.54, 1.807) is 17.0 Å². The molecule has 0 N–H and O–H groups in total. The number of nitro benzene ring substituents is 1. The number of nitrogens with zero attached hydrogens (tertiary/aromatic N) is 2. The number of carbonyl (C=O) groups excluding carboxylic acids is 1. The fraction of sp³-hybridized carbons (Fsp3) is 0.417. The second-order valence-electron chi connectivity index (χ2n) is 4.12. The summed E-state index contributed by atoms with van der Waals surface area (Å²) in [5.41, 5.74) is 1.82. The minimum absolute atomic E-state index is 0.0922. The number of anilines is 1. The lowest BCUT2D eigenvalue weighted by molar-refractivity contribution is -0.384. The highest BCUT2D eigenvalue weighted by Gasteiger charge is 2.24. The molecule has 90 valence electrons. The molecule has 0 aromatic heterocycles. The highest BCUT2D eigenvalue weighted by atomic mass is 16.6. The molecule has 0 spiro atoms. The zero-order valence-corrected chi connectivity index (χ0v) is 9.68. The number of amides is 1. The van der Waals surface area contributed by atoms with E-state index in [4.69, 9.17) is 0 Å².